The lowest BCUT2D eigenvalue weighted by Crippen LogP contribution is -2.29. The molecule has 6 nitrogen and oxygen atoms in total. The topological polar surface area (TPSA) is 65.4 Å². The van der Waals surface area contributed by atoms with Gasteiger partial charge in [-0.2, -0.15) is 5.10 Å². The largest absolute Gasteiger partial charge is 0.382 e. The smallest absolute Gasteiger partial charge is 0.246 e. The number of methoxy groups -OCH3 is 1. The van der Waals surface area contributed by atoms with E-state index in [2.05, 4.69) is 10.4 Å². The number of rotatable bonds is 9. The van der Waals surface area contributed by atoms with Gasteiger partial charge < -0.3 is 14.8 Å². The van der Waals surface area contributed by atoms with E-state index in [1.54, 1.807) is 13.3 Å². The molecule has 2 rings (SSSR count). The average Bonchev–Trinajstić information content (AvgIpc) is 3.07. The van der Waals surface area contributed by atoms with Crippen molar-refractivity contribution >= 4 is 5.91 Å². The van der Waals surface area contributed by atoms with Crippen molar-refractivity contribution in [1.29, 1.82) is 0 Å². The molecule has 22 heavy (non-hydrogen) atoms. The van der Waals surface area contributed by atoms with E-state index in [9.17, 15) is 4.79 Å². The predicted octanol–water partition coefficient (Wildman–Crippen LogP) is 1.19. The van der Waals surface area contributed by atoms with Gasteiger partial charge in [0.2, 0.25) is 5.91 Å². The molecule has 0 bridgehead atoms. The molecule has 0 saturated heterocycles. The lowest BCUT2D eigenvalue weighted by molar-refractivity contribution is -0.126. The number of hydrogen-bond acceptors (Lipinski definition) is 4. The van der Waals surface area contributed by atoms with Crippen molar-refractivity contribution in [2.45, 2.75) is 6.42 Å². The van der Waals surface area contributed by atoms with Gasteiger partial charge in [-0.25, -0.2) is 4.68 Å². The van der Waals surface area contributed by atoms with Crippen molar-refractivity contribution in [2.75, 3.05) is 33.5 Å². The van der Waals surface area contributed by atoms with Gasteiger partial charge in [0.1, 0.15) is 6.61 Å². The summed E-state index contributed by atoms with van der Waals surface area (Å²) in [6, 6.07) is 9.99. The van der Waals surface area contributed by atoms with Crippen molar-refractivity contribution < 1.29 is 14.3 Å². The van der Waals surface area contributed by atoms with Gasteiger partial charge in [-0.15, -0.1) is 0 Å². The molecule has 118 valence electrons. The maximum atomic E-state index is 11.5. The van der Waals surface area contributed by atoms with Crippen LogP contribution in [0.2, 0.25) is 0 Å². The van der Waals surface area contributed by atoms with Crippen LogP contribution in [-0.4, -0.2) is 49.2 Å². The summed E-state index contributed by atoms with van der Waals surface area (Å²) in [5, 5.41) is 7.01. The van der Waals surface area contributed by atoms with Gasteiger partial charge in [-0.3, -0.25) is 4.79 Å². The van der Waals surface area contributed by atoms with Crippen molar-refractivity contribution in [3.8, 4) is 5.69 Å². The van der Waals surface area contributed by atoms with E-state index in [-0.39, 0.29) is 12.5 Å². The number of carbonyl (C=O) groups is 1. The minimum Gasteiger partial charge on any atom is -0.382 e. The molecule has 0 aliphatic carbocycles. The third-order valence-electron chi connectivity index (χ3n) is 3.11. The van der Waals surface area contributed by atoms with Crippen LogP contribution in [0.25, 0.3) is 5.69 Å². The molecule has 2 aromatic rings. The SMILES string of the molecule is COCCOCC(=O)NCCc1ccc(-n2cccn2)cc1. The number of amides is 1. The highest BCUT2D eigenvalue weighted by molar-refractivity contribution is 5.77. The third-order valence-corrected chi connectivity index (χ3v) is 3.11. The third kappa shape index (κ3) is 5.31. The van der Waals surface area contributed by atoms with Crippen LogP contribution in [0.15, 0.2) is 42.7 Å². The van der Waals surface area contributed by atoms with Crippen molar-refractivity contribution in [3.63, 3.8) is 0 Å². The molecular formula is C16H21N3O3. The summed E-state index contributed by atoms with van der Waals surface area (Å²) in [6.45, 7) is 1.59. The number of benzene rings is 1. The molecule has 1 aromatic heterocycles. The summed E-state index contributed by atoms with van der Waals surface area (Å²) in [5.41, 5.74) is 2.18. The van der Waals surface area contributed by atoms with Gasteiger partial charge in [0.15, 0.2) is 0 Å². The van der Waals surface area contributed by atoms with Crippen LogP contribution >= 0.6 is 0 Å². The fourth-order valence-electron chi connectivity index (χ4n) is 1.94. The van der Waals surface area contributed by atoms with E-state index in [0.717, 1.165) is 17.7 Å². The second-order valence-electron chi connectivity index (χ2n) is 4.76. The Labute approximate surface area is 130 Å². The van der Waals surface area contributed by atoms with Crippen molar-refractivity contribution in [2.24, 2.45) is 0 Å². The van der Waals surface area contributed by atoms with Gasteiger partial charge in [0.05, 0.1) is 18.9 Å². The highest BCUT2D eigenvalue weighted by atomic mass is 16.5. The van der Waals surface area contributed by atoms with Crippen LogP contribution in [0, 0.1) is 0 Å². The summed E-state index contributed by atoms with van der Waals surface area (Å²) in [7, 11) is 1.60. The predicted molar refractivity (Wildman–Crippen MR) is 83.0 cm³/mol. The fourth-order valence-corrected chi connectivity index (χ4v) is 1.94. The van der Waals surface area contributed by atoms with Crippen LogP contribution < -0.4 is 5.32 Å². The Balaban J connectivity index is 1.68. The van der Waals surface area contributed by atoms with Gasteiger partial charge >= 0.3 is 0 Å². The second-order valence-corrected chi connectivity index (χ2v) is 4.76. The molecule has 6 heteroatoms. The van der Waals surface area contributed by atoms with Crippen molar-refractivity contribution in [1.82, 2.24) is 15.1 Å². The summed E-state index contributed by atoms with van der Waals surface area (Å²) >= 11 is 0. The highest BCUT2D eigenvalue weighted by Gasteiger charge is 2.01. The molecule has 0 atom stereocenters. The number of hydrogen-bond donors (Lipinski definition) is 1. The van der Waals surface area contributed by atoms with E-state index < -0.39 is 0 Å². The van der Waals surface area contributed by atoms with Gasteiger partial charge in [-0.1, -0.05) is 12.1 Å². The van der Waals surface area contributed by atoms with Crippen LogP contribution in [0.4, 0.5) is 0 Å². The van der Waals surface area contributed by atoms with E-state index in [1.807, 2.05) is 41.2 Å². The molecule has 1 amide bonds. The molecule has 1 N–H and O–H groups in total. The Morgan fingerprint density at radius 3 is 2.77 bits per heavy atom. The summed E-state index contributed by atoms with van der Waals surface area (Å²) < 4.78 is 11.8. The lowest BCUT2D eigenvalue weighted by atomic mass is 10.1. The Morgan fingerprint density at radius 2 is 2.09 bits per heavy atom. The van der Waals surface area contributed by atoms with Crippen molar-refractivity contribution in [3.05, 3.63) is 48.3 Å². The van der Waals surface area contributed by atoms with E-state index in [0.29, 0.717) is 19.8 Å². The Bertz CT molecular complexity index is 553. The first-order chi connectivity index (χ1) is 10.8. The number of aromatic nitrogens is 2. The molecule has 0 aliphatic heterocycles. The minimum absolute atomic E-state index is 0.0710. The van der Waals surface area contributed by atoms with Crippen LogP contribution in [-0.2, 0) is 20.7 Å². The molecular weight excluding hydrogens is 282 g/mol. The second kappa shape index (κ2) is 8.96. The molecule has 1 heterocycles. The molecule has 0 spiro atoms. The highest BCUT2D eigenvalue weighted by Crippen LogP contribution is 2.08. The van der Waals surface area contributed by atoms with Crippen LogP contribution in [0.3, 0.4) is 0 Å². The molecule has 1 aromatic carbocycles. The Hall–Kier alpha value is -2.18. The lowest BCUT2D eigenvalue weighted by Gasteiger charge is -2.07. The zero-order chi connectivity index (χ0) is 15.6. The van der Waals surface area contributed by atoms with Crippen LogP contribution in [0.5, 0.6) is 0 Å². The molecule has 0 saturated carbocycles. The fraction of sp³-hybridized carbons (Fsp3) is 0.375. The standard InChI is InChI=1S/C16H21N3O3/c1-21-11-12-22-13-16(20)17-9-7-14-3-5-15(6-4-14)19-10-2-8-18-19/h2-6,8,10H,7,9,11-13H2,1H3,(H,17,20). The number of carbonyl (C=O) groups excluding carboxylic acids is 1. The quantitative estimate of drug-likeness (QED) is 0.707. The van der Waals surface area contributed by atoms with Crippen LogP contribution in [0.1, 0.15) is 5.56 Å². The minimum atomic E-state index is -0.107. The molecule has 0 unspecified atom stereocenters. The summed E-state index contributed by atoms with van der Waals surface area (Å²) in [4.78, 5) is 11.5. The number of nitrogens with zero attached hydrogens (tertiary/aromatic N) is 2. The van der Waals surface area contributed by atoms with Gasteiger partial charge in [-0.05, 0) is 30.2 Å². The maximum absolute atomic E-state index is 11.5. The first-order valence-corrected chi connectivity index (χ1v) is 7.22. The first kappa shape index (κ1) is 16.2. The Kier molecular flexibility index (Phi) is 6.60. The van der Waals surface area contributed by atoms with E-state index >= 15 is 0 Å². The monoisotopic (exact) mass is 303 g/mol. The normalized spacial score (nSPS) is 10.6. The maximum Gasteiger partial charge on any atom is 0.246 e. The number of nitrogens with one attached hydrogen (secondary N) is 1. The van der Waals surface area contributed by atoms with E-state index in [1.165, 1.54) is 0 Å². The Morgan fingerprint density at radius 1 is 1.27 bits per heavy atom. The number of ether oxygens (including phenoxy) is 2. The zero-order valence-electron chi connectivity index (χ0n) is 12.7. The molecule has 0 fully saturated rings. The zero-order valence-corrected chi connectivity index (χ0v) is 12.7. The summed E-state index contributed by atoms with van der Waals surface area (Å²) in [5.74, 6) is -0.107. The first-order valence-electron chi connectivity index (χ1n) is 7.22. The molecule has 0 aliphatic rings. The van der Waals surface area contributed by atoms with Gasteiger partial charge in [0, 0.05) is 26.0 Å². The van der Waals surface area contributed by atoms with E-state index in [4.69, 9.17) is 9.47 Å². The molecule has 0 radical (unpaired) electrons. The summed E-state index contributed by atoms with van der Waals surface area (Å²) in [6.07, 6.45) is 4.43. The van der Waals surface area contributed by atoms with Gasteiger partial charge in [0.25, 0.3) is 0 Å². The average molecular weight is 303 g/mol.